The topological polar surface area (TPSA) is 89.1 Å². The van der Waals surface area contributed by atoms with Crippen molar-refractivity contribution in [3.63, 3.8) is 0 Å². The van der Waals surface area contributed by atoms with Crippen LogP contribution in [0.1, 0.15) is 25.2 Å². The zero-order valence-electron chi connectivity index (χ0n) is 12.7. The number of ether oxygens (including phenoxy) is 2. The monoisotopic (exact) mass is 334 g/mol. The van der Waals surface area contributed by atoms with Crippen LogP contribution in [0.5, 0.6) is 11.5 Å². The number of nitrogens with zero attached hydrogens (tertiary/aromatic N) is 2. The molecule has 0 fully saturated rings. The Morgan fingerprint density at radius 2 is 2.22 bits per heavy atom. The van der Waals surface area contributed by atoms with Gasteiger partial charge >= 0.3 is 0 Å². The summed E-state index contributed by atoms with van der Waals surface area (Å²) in [7, 11) is 0. The molecule has 23 heavy (non-hydrogen) atoms. The van der Waals surface area contributed by atoms with Crippen LogP contribution in [0.4, 0.5) is 0 Å². The average molecular weight is 334 g/mol. The van der Waals surface area contributed by atoms with Crippen molar-refractivity contribution in [1.82, 2.24) is 20.5 Å². The Kier molecular flexibility index (Phi) is 5.02. The van der Waals surface area contributed by atoms with E-state index in [0.717, 1.165) is 16.4 Å². The lowest BCUT2D eigenvalue weighted by atomic mass is 10.3. The van der Waals surface area contributed by atoms with Gasteiger partial charge in [-0.2, -0.15) is 5.10 Å². The van der Waals surface area contributed by atoms with Crippen molar-refractivity contribution in [2.45, 2.75) is 24.3 Å². The Labute approximate surface area is 138 Å². The van der Waals surface area contributed by atoms with Crippen LogP contribution in [0.3, 0.4) is 0 Å². The molecule has 122 valence electrons. The standard InChI is InChI=1S/C15H18N4O3S/c1-10(15-16-9-17-19-15)18-14(20)4-7-23-11-2-3-12-13(8-11)22-6-5-21-12/h2-3,8-10H,4-7H2,1H3,(H,18,20)(H,16,17,19)/t10-/m0/s1. The molecule has 2 N–H and O–H groups in total. The summed E-state index contributed by atoms with van der Waals surface area (Å²) in [5.74, 6) is 2.87. The zero-order chi connectivity index (χ0) is 16.1. The van der Waals surface area contributed by atoms with Gasteiger partial charge in [0.15, 0.2) is 11.5 Å². The summed E-state index contributed by atoms with van der Waals surface area (Å²) in [6.07, 6.45) is 1.85. The van der Waals surface area contributed by atoms with E-state index in [1.807, 2.05) is 25.1 Å². The smallest absolute Gasteiger partial charge is 0.221 e. The molecule has 0 radical (unpaired) electrons. The van der Waals surface area contributed by atoms with Crippen molar-refractivity contribution in [3.05, 3.63) is 30.4 Å². The van der Waals surface area contributed by atoms with E-state index in [4.69, 9.17) is 9.47 Å². The first-order valence-corrected chi connectivity index (χ1v) is 8.38. The molecule has 1 atom stereocenters. The lowest BCUT2D eigenvalue weighted by molar-refractivity contribution is -0.121. The summed E-state index contributed by atoms with van der Waals surface area (Å²) in [5.41, 5.74) is 0. The van der Waals surface area contributed by atoms with Crippen molar-refractivity contribution in [2.24, 2.45) is 0 Å². The van der Waals surface area contributed by atoms with Gasteiger partial charge in [0.1, 0.15) is 25.4 Å². The highest BCUT2D eigenvalue weighted by Crippen LogP contribution is 2.34. The molecule has 0 spiro atoms. The van der Waals surface area contributed by atoms with E-state index in [1.54, 1.807) is 11.8 Å². The van der Waals surface area contributed by atoms with E-state index in [2.05, 4.69) is 20.5 Å². The summed E-state index contributed by atoms with van der Waals surface area (Å²) in [6, 6.07) is 5.66. The molecule has 0 bridgehead atoms. The van der Waals surface area contributed by atoms with Gasteiger partial charge in [0.2, 0.25) is 5.91 Å². The highest BCUT2D eigenvalue weighted by atomic mass is 32.2. The summed E-state index contributed by atoms with van der Waals surface area (Å²) in [5, 5.41) is 9.41. The minimum Gasteiger partial charge on any atom is -0.486 e. The summed E-state index contributed by atoms with van der Waals surface area (Å²) < 4.78 is 11.0. The van der Waals surface area contributed by atoms with E-state index in [1.165, 1.54) is 6.33 Å². The van der Waals surface area contributed by atoms with Crippen molar-refractivity contribution in [1.29, 1.82) is 0 Å². The Balaban J connectivity index is 1.45. The molecule has 0 aliphatic carbocycles. The van der Waals surface area contributed by atoms with E-state index in [0.29, 0.717) is 31.2 Å². The highest BCUT2D eigenvalue weighted by molar-refractivity contribution is 7.99. The first-order chi connectivity index (χ1) is 11.2. The lowest BCUT2D eigenvalue weighted by Crippen LogP contribution is -2.27. The minimum atomic E-state index is -0.177. The van der Waals surface area contributed by atoms with Crippen LogP contribution in [0.2, 0.25) is 0 Å². The number of amides is 1. The first-order valence-electron chi connectivity index (χ1n) is 7.39. The van der Waals surface area contributed by atoms with Crippen LogP contribution < -0.4 is 14.8 Å². The van der Waals surface area contributed by atoms with Gasteiger partial charge in [-0.15, -0.1) is 11.8 Å². The lowest BCUT2D eigenvalue weighted by Gasteiger charge is -2.18. The van der Waals surface area contributed by atoms with E-state index < -0.39 is 0 Å². The number of hydrogen-bond donors (Lipinski definition) is 2. The molecule has 1 aliphatic rings. The molecule has 7 nitrogen and oxygen atoms in total. The van der Waals surface area contributed by atoms with Crippen LogP contribution in [-0.4, -0.2) is 40.1 Å². The quantitative estimate of drug-likeness (QED) is 0.785. The van der Waals surface area contributed by atoms with Crippen molar-refractivity contribution in [2.75, 3.05) is 19.0 Å². The molecule has 1 aromatic carbocycles. The number of benzene rings is 1. The minimum absolute atomic E-state index is 0.0149. The third-order valence-corrected chi connectivity index (χ3v) is 4.33. The largest absolute Gasteiger partial charge is 0.486 e. The zero-order valence-corrected chi connectivity index (χ0v) is 13.6. The Hall–Kier alpha value is -2.22. The maximum absolute atomic E-state index is 11.9. The van der Waals surface area contributed by atoms with E-state index >= 15 is 0 Å². The maximum atomic E-state index is 11.9. The molecular formula is C15H18N4O3S. The predicted octanol–water partition coefficient (Wildman–Crippen LogP) is 1.94. The van der Waals surface area contributed by atoms with Crippen LogP contribution in [0.25, 0.3) is 0 Å². The number of thioether (sulfide) groups is 1. The van der Waals surface area contributed by atoms with E-state index in [-0.39, 0.29) is 11.9 Å². The SMILES string of the molecule is C[C@H](NC(=O)CCSc1ccc2c(c1)OCCO2)c1ncn[nH]1. The van der Waals surface area contributed by atoms with Crippen LogP contribution in [0, 0.1) is 0 Å². The number of nitrogens with one attached hydrogen (secondary N) is 2. The van der Waals surface area contributed by atoms with Crippen LogP contribution in [0.15, 0.2) is 29.4 Å². The van der Waals surface area contributed by atoms with Crippen molar-refractivity contribution < 1.29 is 14.3 Å². The Morgan fingerprint density at radius 1 is 1.39 bits per heavy atom. The molecule has 1 amide bonds. The fourth-order valence-corrected chi connectivity index (χ4v) is 3.06. The fraction of sp³-hybridized carbons (Fsp3) is 0.400. The molecule has 1 aliphatic heterocycles. The normalized spacial score (nSPS) is 14.3. The molecule has 8 heteroatoms. The first kappa shape index (κ1) is 15.7. The second-order valence-corrected chi connectivity index (χ2v) is 6.23. The molecule has 0 saturated heterocycles. The number of carbonyl (C=O) groups is 1. The molecule has 2 heterocycles. The number of hydrogen-bond acceptors (Lipinski definition) is 6. The van der Waals surface area contributed by atoms with Crippen molar-refractivity contribution >= 4 is 17.7 Å². The summed E-state index contributed by atoms with van der Waals surface area (Å²) >= 11 is 1.61. The van der Waals surface area contributed by atoms with Gasteiger partial charge in [-0.05, 0) is 25.1 Å². The predicted molar refractivity (Wildman–Crippen MR) is 85.7 cm³/mol. The molecule has 0 unspecified atom stereocenters. The summed E-state index contributed by atoms with van der Waals surface area (Å²) in [4.78, 5) is 17.0. The van der Waals surface area contributed by atoms with Crippen LogP contribution >= 0.6 is 11.8 Å². The second-order valence-electron chi connectivity index (χ2n) is 5.06. The molecule has 3 rings (SSSR count). The number of carbonyl (C=O) groups excluding carboxylic acids is 1. The number of fused-ring (bicyclic) bond motifs is 1. The molecule has 2 aromatic rings. The Morgan fingerprint density at radius 3 is 3.00 bits per heavy atom. The third kappa shape index (κ3) is 4.16. The van der Waals surface area contributed by atoms with Gasteiger partial charge < -0.3 is 14.8 Å². The van der Waals surface area contributed by atoms with Gasteiger partial charge in [0.05, 0.1) is 6.04 Å². The molecular weight excluding hydrogens is 316 g/mol. The maximum Gasteiger partial charge on any atom is 0.221 e. The number of H-pyrrole nitrogens is 1. The van der Waals surface area contributed by atoms with Gasteiger partial charge in [-0.1, -0.05) is 0 Å². The third-order valence-electron chi connectivity index (χ3n) is 3.33. The van der Waals surface area contributed by atoms with Gasteiger partial charge in [0, 0.05) is 17.1 Å². The number of aromatic amines is 1. The Bertz CT molecular complexity index is 663. The molecule has 1 aromatic heterocycles. The van der Waals surface area contributed by atoms with Crippen molar-refractivity contribution in [3.8, 4) is 11.5 Å². The number of aromatic nitrogens is 3. The van der Waals surface area contributed by atoms with Gasteiger partial charge in [0.25, 0.3) is 0 Å². The molecule has 0 saturated carbocycles. The van der Waals surface area contributed by atoms with Gasteiger partial charge in [-0.3, -0.25) is 9.89 Å². The van der Waals surface area contributed by atoms with Crippen LogP contribution in [-0.2, 0) is 4.79 Å². The highest BCUT2D eigenvalue weighted by Gasteiger charge is 2.13. The second kappa shape index (κ2) is 7.36. The summed E-state index contributed by atoms with van der Waals surface area (Å²) in [6.45, 7) is 3.03. The number of rotatable bonds is 6. The average Bonchev–Trinajstić information content (AvgIpc) is 3.09. The fourth-order valence-electron chi connectivity index (χ4n) is 2.18. The van der Waals surface area contributed by atoms with E-state index in [9.17, 15) is 4.79 Å². The van der Waals surface area contributed by atoms with Gasteiger partial charge in [-0.25, -0.2) is 4.98 Å².